The average molecular weight is 180 g/mol. The highest BCUT2D eigenvalue weighted by Gasteiger charge is 2.48. The molecule has 1 saturated carbocycles. The number of nitriles is 1. The smallest absolute Gasteiger partial charge is 0.211 e. The van der Waals surface area contributed by atoms with Crippen LogP contribution in [0.25, 0.3) is 0 Å². The molecule has 0 atom stereocenters. The standard InChI is InChI=1S/C5H6ClNO2S/c6-10(8,9)5(4-7)2-1-3-5/h1-3H2. The van der Waals surface area contributed by atoms with Crippen LogP contribution in [-0.2, 0) is 9.05 Å². The van der Waals surface area contributed by atoms with Crippen LogP contribution in [0.4, 0.5) is 0 Å². The third-order valence-corrected chi connectivity index (χ3v) is 4.15. The molecular weight excluding hydrogens is 174 g/mol. The van der Waals surface area contributed by atoms with Gasteiger partial charge in [0, 0.05) is 10.7 Å². The Morgan fingerprint density at radius 3 is 2.00 bits per heavy atom. The summed E-state index contributed by atoms with van der Waals surface area (Å²) in [6.45, 7) is 0. The van der Waals surface area contributed by atoms with Gasteiger partial charge >= 0.3 is 0 Å². The Hall–Kier alpha value is -0.270. The van der Waals surface area contributed by atoms with Crippen LogP contribution in [0.15, 0.2) is 0 Å². The minimum atomic E-state index is -3.67. The lowest BCUT2D eigenvalue weighted by Crippen LogP contribution is -2.40. The second-order valence-corrected chi connectivity index (χ2v) is 5.27. The van der Waals surface area contributed by atoms with Crippen molar-refractivity contribution in [2.75, 3.05) is 0 Å². The number of rotatable bonds is 1. The van der Waals surface area contributed by atoms with E-state index in [1.54, 1.807) is 6.07 Å². The van der Waals surface area contributed by atoms with Crippen LogP contribution in [0.3, 0.4) is 0 Å². The molecule has 1 fully saturated rings. The largest absolute Gasteiger partial charge is 0.251 e. The van der Waals surface area contributed by atoms with E-state index in [1.807, 2.05) is 0 Å². The summed E-state index contributed by atoms with van der Waals surface area (Å²) in [5.41, 5.74) is 0. The van der Waals surface area contributed by atoms with Crippen molar-refractivity contribution in [1.82, 2.24) is 0 Å². The lowest BCUT2D eigenvalue weighted by atomic mass is 9.86. The van der Waals surface area contributed by atoms with Gasteiger partial charge in [0.2, 0.25) is 0 Å². The molecule has 0 bridgehead atoms. The maximum absolute atomic E-state index is 10.7. The van der Waals surface area contributed by atoms with Gasteiger partial charge in [-0.3, -0.25) is 0 Å². The topological polar surface area (TPSA) is 57.9 Å². The number of hydrogen-bond donors (Lipinski definition) is 0. The van der Waals surface area contributed by atoms with E-state index >= 15 is 0 Å². The highest BCUT2D eigenvalue weighted by molar-refractivity contribution is 8.15. The third-order valence-electron chi connectivity index (χ3n) is 1.83. The van der Waals surface area contributed by atoms with Crippen molar-refractivity contribution in [2.45, 2.75) is 24.0 Å². The Balaban J connectivity index is 3.00. The fraction of sp³-hybridized carbons (Fsp3) is 0.800. The van der Waals surface area contributed by atoms with Crippen LogP contribution in [0.1, 0.15) is 19.3 Å². The summed E-state index contributed by atoms with van der Waals surface area (Å²) >= 11 is 0. The molecule has 0 aromatic heterocycles. The average Bonchev–Trinajstić information content (AvgIpc) is 1.58. The molecule has 3 nitrogen and oxygen atoms in total. The summed E-state index contributed by atoms with van der Waals surface area (Å²) in [6, 6.07) is 1.73. The first-order valence-electron chi connectivity index (χ1n) is 2.87. The summed E-state index contributed by atoms with van der Waals surface area (Å²) < 4.78 is 20.2. The van der Waals surface area contributed by atoms with Gasteiger partial charge in [-0.25, -0.2) is 8.42 Å². The first-order valence-corrected chi connectivity index (χ1v) is 5.18. The zero-order valence-corrected chi connectivity index (χ0v) is 6.74. The van der Waals surface area contributed by atoms with Crippen LogP contribution < -0.4 is 0 Å². The van der Waals surface area contributed by atoms with E-state index < -0.39 is 13.8 Å². The number of hydrogen-bond acceptors (Lipinski definition) is 3. The first kappa shape index (κ1) is 7.83. The van der Waals surface area contributed by atoms with E-state index in [-0.39, 0.29) is 0 Å². The molecule has 0 aliphatic heterocycles. The maximum atomic E-state index is 10.7. The molecular formula is C5H6ClNO2S. The van der Waals surface area contributed by atoms with Gasteiger partial charge in [0.1, 0.15) is 0 Å². The molecule has 1 aliphatic rings. The predicted octanol–water partition coefficient (Wildman–Crippen LogP) is 1.00. The van der Waals surface area contributed by atoms with Gasteiger partial charge in [0.05, 0.1) is 6.07 Å². The van der Waals surface area contributed by atoms with Gasteiger partial charge in [0.25, 0.3) is 9.05 Å². The molecule has 0 amide bonds. The molecule has 0 unspecified atom stereocenters. The summed E-state index contributed by atoms with van der Waals surface area (Å²) in [5, 5.41) is 8.46. The van der Waals surface area contributed by atoms with E-state index in [2.05, 4.69) is 0 Å². The van der Waals surface area contributed by atoms with Crippen molar-refractivity contribution < 1.29 is 8.42 Å². The summed E-state index contributed by atoms with van der Waals surface area (Å²) in [7, 11) is 1.37. The Kier molecular flexibility index (Phi) is 1.65. The van der Waals surface area contributed by atoms with Gasteiger partial charge in [-0.05, 0) is 19.3 Å². The van der Waals surface area contributed by atoms with E-state index in [4.69, 9.17) is 15.9 Å². The zero-order valence-electron chi connectivity index (χ0n) is 5.17. The molecule has 0 aromatic carbocycles. The van der Waals surface area contributed by atoms with Crippen molar-refractivity contribution in [3.8, 4) is 6.07 Å². The summed E-state index contributed by atoms with van der Waals surface area (Å²) in [6.07, 6.45) is 1.55. The Morgan fingerprint density at radius 2 is 2.00 bits per heavy atom. The molecule has 1 aliphatic carbocycles. The fourth-order valence-electron chi connectivity index (χ4n) is 0.908. The van der Waals surface area contributed by atoms with Crippen molar-refractivity contribution >= 4 is 19.7 Å². The third kappa shape index (κ3) is 0.899. The normalized spacial score (nSPS) is 22.8. The number of halogens is 1. The van der Waals surface area contributed by atoms with Crippen LogP contribution >= 0.6 is 10.7 Å². The van der Waals surface area contributed by atoms with Crippen LogP contribution in [0.2, 0.25) is 0 Å². The van der Waals surface area contributed by atoms with E-state index in [1.165, 1.54) is 0 Å². The van der Waals surface area contributed by atoms with E-state index in [0.717, 1.165) is 6.42 Å². The minimum Gasteiger partial charge on any atom is -0.211 e. The molecule has 0 saturated heterocycles. The summed E-state index contributed by atoms with van der Waals surface area (Å²) in [4.78, 5) is 0. The Bertz CT molecular complexity index is 273. The van der Waals surface area contributed by atoms with Crippen molar-refractivity contribution in [2.24, 2.45) is 0 Å². The lowest BCUT2D eigenvalue weighted by Gasteiger charge is -2.31. The van der Waals surface area contributed by atoms with Crippen molar-refractivity contribution in [1.29, 1.82) is 5.26 Å². The quantitative estimate of drug-likeness (QED) is 0.565. The fourth-order valence-corrected chi connectivity index (χ4v) is 2.36. The maximum Gasteiger partial charge on any atom is 0.251 e. The van der Waals surface area contributed by atoms with Crippen molar-refractivity contribution in [3.05, 3.63) is 0 Å². The minimum absolute atomic E-state index is 0.384. The molecule has 56 valence electrons. The SMILES string of the molecule is N#CC1(S(=O)(=O)Cl)CCC1. The van der Waals surface area contributed by atoms with E-state index in [0.29, 0.717) is 12.8 Å². The molecule has 0 spiro atoms. The molecule has 0 N–H and O–H groups in total. The van der Waals surface area contributed by atoms with Gasteiger partial charge in [-0.1, -0.05) is 0 Å². The lowest BCUT2D eigenvalue weighted by molar-refractivity contribution is 0.413. The van der Waals surface area contributed by atoms with Crippen LogP contribution in [0, 0.1) is 11.3 Å². The van der Waals surface area contributed by atoms with Gasteiger partial charge in [-0.2, -0.15) is 5.26 Å². The number of nitrogens with zero attached hydrogens (tertiary/aromatic N) is 1. The predicted molar refractivity (Wildman–Crippen MR) is 37.0 cm³/mol. The molecule has 0 heterocycles. The Morgan fingerprint density at radius 1 is 1.50 bits per heavy atom. The molecule has 1 rings (SSSR count). The van der Waals surface area contributed by atoms with Crippen LogP contribution in [0.5, 0.6) is 0 Å². The zero-order chi connectivity index (χ0) is 7.83. The highest BCUT2D eigenvalue weighted by Crippen LogP contribution is 2.40. The highest BCUT2D eigenvalue weighted by atomic mass is 35.7. The van der Waals surface area contributed by atoms with Gasteiger partial charge < -0.3 is 0 Å². The molecule has 0 radical (unpaired) electrons. The van der Waals surface area contributed by atoms with Gasteiger partial charge in [0.15, 0.2) is 4.75 Å². The molecule has 5 heteroatoms. The van der Waals surface area contributed by atoms with Gasteiger partial charge in [-0.15, -0.1) is 0 Å². The second kappa shape index (κ2) is 2.11. The van der Waals surface area contributed by atoms with Crippen LogP contribution in [-0.4, -0.2) is 13.2 Å². The Labute approximate surface area is 64.0 Å². The monoisotopic (exact) mass is 179 g/mol. The summed E-state index contributed by atoms with van der Waals surface area (Å²) in [5.74, 6) is 0. The van der Waals surface area contributed by atoms with E-state index in [9.17, 15) is 8.42 Å². The molecule has 10 heavy (non-hydrogen) atoms. The van der Waals surface area contributed by atoms with Crippen molar-refractivity contribution in [3.63, 3.8) is 0 Å². The molecule has 0 aromatic rings. The first-order chi connectivity index (χ1) is 4.52. The second-order valence-electron chi connectivity index (χ2n) is 2.40.